The average Bonchev–Trinajstić information content (AvgIpc) is 2.84. The highest BCUT2D eigenvalue weighted by atomic mass is 35.5. The molecule has 9 heteroatoms. The summed E-state index contributed by atoms with van der Waals surface area (Å²) in [5, 5.41) is 7.87. The van der Waals surface area contributed by atoms with Crippen molar-refractivity contribution in [2.24, 2.45) is 7.05 Å². The zero-order chi connectivity index (χ0) is 19.1. The Labute approximate surface area is 165 Å². The molecular formula is C18H17Cl2N5O2. The molecule has 0 unspecified atom stereocenters. The van der Waals surface area contributed by atoms with Crippen molar-refractivity contribution < 1.29 is 4.74 Å². The number of nitrogens with zero attached hydrogens (tertiary/aromatic N) is 3. The smallest absolute Gasteiger partial charge is 0.295 e. The van der Waals surface area contributed by atoms with Gasteiger partial charge in [-0.2, -0.15) is 4.98 Å². The predicted octanol–water partition coefficient (Wildman–Crippen LogP) is 3.96. The highest BCUT2D eigenvalue weighted by Gasteiger charge is 2.21. The van der Waals surface area contributed by atoms with Crippen LogP contribution in [0.2, 0.25) is 10.3 Å². The Morgan fingerprint density at radius 1 is 1.37 bits per heavy atom. The van der Waals surface area contributed by atoms with Gasteiger partial charge in [-0.15, -0.1) is 0 Å². The van der Waals surface area contributed by atoms with E-state index in [0.717, 1.165) is 23.0 Å². The number of hydrogen-bond acceptors (Lipinski definition) is 6. The molecule has 140 valence electrons. The predicted molar refractivity (Wildman–Crippen MR) is 108 cm³/mol. The van der Waals surface area contributed by atoms with E-state index in [1.54, 1.807) is 11.6 Å². The lowest BCUT2D eigenvalue weighted by atomic mass is 10.1. The number of aromatic nitrogens is 3. The standard InChI is InChI=1S/C18H17Cl2N5O2/c1-9-5-6-27-15-14(22-9)11-7-10(3-4-13(11)25(2)17(15)26)23-16-12(19)8-21-18(20)24-16/h3-4,7-9,22H,5-6H2,1-2H3,(H,21,23,24)/t9-/m0/s1. The molecule has 2 N–H and O–H groups in total. The lowest BCUT2D eigenvalue weighted by molar-refractivity contribution is 0.309. The van der Waals surface area contributed by atoms with E-state index in [0.29, 0.717) is 28.9 Å². The van der Waals surface area contributed by atoms with Crippen LogP contribution in [0.1, 0.15) is 13.3 Å². The summed E-state index contributed by atoms with van der Waals surface area (Å²) in [5.74, 6) is 0.749. The molecule has 7 nitrogen and oxygen atoms in total. The van der Waals surface area contributed by atoms with Gasteiger partial charge in [0, 0.05) is 30.6 Å². The molecule has 0 aliphatic carbocycles. The Bertz CT molecular complexity index is 1100. The Kier molecular flexibility index (Phi) is 4.57. The molecule has 0 spiro atoms. The second kappa shape index (κ2) is 6.90. The van der Waals surface area contributed by atoms with Crippen LogP contribution in [0.25, 0.3) is 10.9 Å². The second-order valence-electron chi connectivity index (χ2n) is 6.44. The van der Waals surface area contributed by atoms with Crippen LogP contribution >= 0.6 is 23.2 Å². The molecule has 0 saturated heterocycles. The maximum atomic E-state index is 12.7. The maximum absolute atomic E-state index is 12.7. The van der Waals surface area contributed by atoms with Crippen LogP contribution in [0.3, 0.4) is 0 Å². The summed E-state index contributed by atoms with van der Waals surface area (Å²) >= 11 is 12.0. The van der Waals surface area contributed by atoms with E-state index in [1.165, 1.54) is 6.20 Å². The molecule has 1 aliphatic heterocycles. The SMILES string of the molecule is C[C@H]1CCOc2c(c3cc(Nc4nc(Cl)ncc4Cl)ccc3n(C)c2=O)N1. The summed E-state index contributed by atoms with van der Waals surface area (Å²) < 4.78 is 7.34. The van der Waals surface area contributed by atoms with Crippen LogP contribution in [-0.2, 0) is 7.05 Å². The first-order valence-electron chi connectivity index (χ1n) is 8.45. The van der Waals surface area contributed by atoms with Gasteiger partial charge in [-0.3, -0.25) is 4.79 Å². The van der Waals surface area contributed by atoms with Gasteiger partial charge in [0.15, 0.2) is 5.82 Å². The fourth-order valence-corrected chi connectivity index (χ4v) is 3.37. The van der Waals surface area contributed by atoms with E-state index in [4.69, 9.17) is 27.9 Å². The van der Waals surface area contributed by atoms with Gasteiger partial charge in [-0.25, -0.2) is 4.98 Å². The minimum absolute atomic E-state index is 0.0999. The van der Waals surface area contributed by atoms with Crippen LogP contribution in [0.15, 0.2) is 29.2 Å². The molecule has 1 aliphatic rings. The van der Waals surface area contributed by atoms with Crippen LogP contribution < -0.4 is 20.9 Å². The van der Waals surface area contributed by atoms with E-state index in [-0.39, 0.29) is 16.9 Å². The van der Waals surface area contributed by atoms with Crippen molar-refractivity contribution >= 4 is 51.3 Å². The van der Waals surface area contributed by atoms with Gasteiger partial charge >= 0.3 is 0 Å². The summed E-state index contributed by atoms with van der Waals surface area (Å²) in [4.78, 5) is 20.6. The first-order chi connectivity index (χ1) is 12.9. The highest BCUT2D eigenvalue weighted by Crippen LogP contribution is 2.35. The normalized spacial score (nSPS) is 16.2. The quantitative estimate of drug-likeness (QED) is 0.627. The van der Waals surface area contributed by atoms with Crippen LogP contribution in [0.4, 0.5) is 17.2 Å². The van der Waals surface area contributed by atoms with Crippen molar-refractivity contribution in [1.82, 2.24) is 14.5 Å². The fraction of sp³-hybridized carbons (Fsp3) is 0.278. The van der Waals surface area contributed by atoms with Crippen LogP contribution in [0, 0.1) is 0 Å². The molecule has 2 aromatic heterocycles. The molecule has 0 radical (unpaired) electrons. The lowest BCUT2D eigenvalue weighted by Crippen LogP contribution is -2.21. The van der Waals surface area contributed by atoms with E-state index in [2.05, 4.69) is 27.5 Å². The van der Waals surface area contributed by atoms with Gasteiger partial charge in [0.05, 0.1) is 24.0 Å². The minimum atomic E-state index is -0.162. The van der Waals surface area contributed by atoms with Crippen molar-refractivity contribution in [2.75, 3.05) is 17.2 Å². The van der Waals surface area contributed by atoms with Crippen molar-refractivity contribution in [3.63, 3.8) is 0 Å². The number of nitrogens with one attached hydrogen (secondary N) is 2. The number of aryl methyl sites for hydroxylation is 1. The molecule has 0 amide bonds. The van der Waals surface area contributed by atoms with E-state index in [1.807, 2.05) is 18.2 Å². The maximum Gasteiger partial charge on any atom is 0.295 e. The van der Waals surface area contributed by atoms with Crippen molar-refractivity contribution in [2.45, 2.75) is 19.4 Å². The first-order valence-corrected chi connectivity index (χ1v) is 9.21. The molecule has 27 heavy (non-hydrogen) atoms. The summed E-state index contributed by atoms with van der Waals surface area (Å²) in [5.41, 5.74) is 2.08. The third-order valence-electron chi connectivity index (χ3n) is 4.52. The Balaban J connectivity index is 1.87. The third kappa shape index (κ3) is 3.28. The highest BCUT2D eigenvalue weighted by molar-refractivity contribution is 6.33. The van der Waals surface area contributed by atoms with Crippen molar-refractivity contribution in [3.05, 3.63) is 45.1 Å². The molecule has 3 heterocycles. The van der Waals surface area contributed by atoms with Crippen LogP contribution in [0.5, 0.6) is 5.75 Å². The average molecular weight is 406 g/mol. The van der Waals surface area contributed by atoms with E-state index >= 15 is 0 Å². The van der Waals surface area contributed by atoms with Gasteiger partial charge in [0.1, 0.15) is 5.02 Å². The number of pyridine rings is 1. The van der Waals surface area contributed by atoms with Gasteiger partial charge in [-0.1, -0.05) is 11.6 Å². The molecule has 0 fully saturated rings. The number of benzene rings is 1. The van der Waals surface area contributed by atoms with Gasteiger partial charge < -0.3 is 19.9 Å². The monoisotopic (exact) mass is 405 g/mol. The largest absolute Gasteiger partial charge is 0.486 e. The lowest BCUT2D eigenvalue weighted by Gasteiger charge is -2.17. The number of hydrogen-bond donors (Lipinski definition) is 2. The van der Waals surface area contributed by atoms with E-state index < -0.39 is 0 Å². The zero-order valence-electron chi connectivity index (χ0n) is 14.7. The minimum Gasteiger partial charge on any atom is -0.486 e. The number of fused-ring (bicyclic) bond motifs is 3. The number of ether oxygens (including phenoxy) is 1. The summed E-state index contributed by atoms with van der Waals surface area (Å²) in [7, 11) is 1.73. The Morgan fingerprint density at radius 2 is 2.19 bits per heavy atom. The van der Waals surface area contributed by atoms with Crippen LogP contribution in [-0.4, -0.2) is 27.2 Å². The van der Waals surface area contributed by atoms with Gasteiger partial charge in [0.2, 0.25) is 11.0 Å². The summed E-state index contributed by atoms with van der Waals surface area (Å²) in [6.45, 7) is 2.56. The van der Waals surface area contributed by atoms with Crippen molar-refractivity contribution in [3.8, 4) is 5.75 Å². The molecule has 3 aromatic rings. The zero-order valence-corrected chi connectivity index (χ0v) is 16.2. The molecule has 0 saturated carbocycles. The Hall–Kier alpha value is -2.51. The van der Waals surface area contributed by atoms with E-state index in [9.17, 15) is 4.79 Å². The number of anilines is 3. The fourth-order valence-electron chi connectivity index (χ4n) is 3.10. The third-order valence-corrected chi connectivity index (χ3v) is 4.98. The Morgan fingerprint density at radius 3 is 3.00 bits per heavy atom. The topological polar surface area (TPSA) is 81.1 Å². The molecule has 0 bridgehead atoms. The molecule has 1 atom stereocenters. The number of rotatable bonds is 2. The van der Waals surface area contributed by atoms with Gasteiger partial charge in [-0.05, 0) is 36.7 Å². The molecule has 1 aromatic carbocycles. The second-order valence-corrected chi connectivity index (χ2v) is 7.19. The van der Waals surface area contributed by atoms with Gasteiger partial charge in [0.25, 0.3) is 5.56 Å². The summed E-state index contributed by atoms with van der Waals surface area (Å²) in [6.07, 6.45) is 2.25. The summed E-state index contributed by atoms with van der Waals surface area (Å²) in [6, 6.07) is 5.83. The van der Waals surface area contributed by atoms with Crippen molar-refractivity contribution in [1.29, 1.82) is 0 Å². The molecular weight excluding hydrogens is 389 g/mol. The number of halogens is 2. The molecule has 4 rings (SSSR count). The first kappa shape index (κ1) is 17.9.